The van der Waals surface area contributed by atoms with Crippen molar-refractivity contribution in [3.63, 3.8) is 0 Å². The molecule has 0 unspecified atom stereocenters. The summed E-state index contributed by atoms with van der Waals surface area (Å²) >= 11 is 0. The first-order chi connectivity index (χ1) is 8.06. The van der Waals surface area contributed by atoms with Crippen molar-refractivity contribution in [3.8, 4) is 0 Å². The molecule has 0 fully saturated rings. The van der Waals surface area contributed by atoms with E-state index in [1.165, 1.54) is 22.4 Å². The van der Waals surface area contributed by atoms with Crippen molar-refractivity contribution in [1.29, 1.82) is 0 Å². The number of nitrogens with zero attached hydrogens (tertiary/aromatic N) is 2. The second-order valence-corrected chi connectivity index (χ2v) is 4.59. The Morgan fingerprint density at radius 2 is 2.00 bits per heavy atom. The van der Waals surface area contributed by atoms with Crippen molar-refractivity contribution in [2.45, 2.75) is 27.3 Å². The molecule has 1 heterocycles. The third-order valence-corrected chi connectivity index (χ3v) is 2.97. The second kappa shape index (κ2) is 4.62. The first-order valence-corrected chi connectivity index (χ1v) is 5.86. The molecular weight excluding hydrogens is 210 g/mol. The number of hydrogen-bond donors (Lipinski definition) is 1. The van der Waals surface area contributed by atoms with Crippen LogP contribution in [0.2, 0.25) is 0 Å². The van der Waals surface area contributed by atoms with Gasteiger partial charge in [-0.3, -0.25) is 4.68 Å². The molecule has 0 spiro atoms. The van der Waals surface area contributed by atoms with Crippen LogP contribution in [0.4, 0.5) is 5.69 Å². The quantitative estimate of drug-likeness (QED) is 0.877. The van der Waals surface area contributed by atoms with Crippen LogP contribution in [-0.2, 0) is 13.6 Å². The lowest BCUT2D eigenvalue weighted by Crippen LogP contribution is -2.01. The molecule has 17 heavy (non-hydrogen) atoms. The van der Waals surface area contributed by atoms with Crippen LogP contribution in [-0.4, -0.2) is 9.78 Å². The Balaban J connectivity index is 2.10. The van der Waals surface area contributed by atoms with E-state index in [4.69, 9.17) is 0 Å². The first-order valence-electron chi connectivity index (χ1n) is 5.86. The zero-order valence-electron chi connectivity index (χ0n) is 10.9. The summed E-state index contributed by atoms with van der Waals surface area (Å²) in [6.07, 6.45) is 2.06. The molecule has 2 rings (SSSR count). The second-order valence-electron chi connectivity index (χ2n) is 4.59. The van der Waals surface area contributed by atoms with Crippen molar-refractivity contribution < 1.29 is 0 Å². The van der Waals surface area contributed by atoms with E-state index in [2.05, 4.69) is 48.7 Å². The molecule has 3 heteroatoms. The highest BCUT2D eigenvalue weighted by Gasteiger charge is 2.03. The van der Waals surface area contributed by atoms with Crippen molar-refractivity contribution in [2.75, 3.05) is 5.32 Å². The van der Waals surface area contributed by atoms with Gasteiger partial charge in [-0.05, 0) is 32.4 Å². The van der Waals surface area contributed by atoms with E-state index in [0.29, 0.717) is 0 Å². The van der Waals surface area contributed by atoms with Gasteiger partial charge in [0.2, 0.25) is 0 Å². The summed E-state index contributed by atoms with van der Waals surface area (Å²) in [7, 11) is 1.95. The number of benzene rings is 1. The fraction of sp³-hybridized carbons (Fsp3) is 0.357. The molecule has 0 atom stereocenters. The number of aromatic nitrogens is 2. The lowest BCUT2D eigenvalue weighted by Gasteiger charge is -2.09. The predicted octanol–water partition coefficient (Wildman–Crippen LogP) is 2.96. The van der Waals surface area contributed by atoms with Crippen LogP contribution < -0.4 is 5.32 Å². The SMILES string of the molecule is Cc1ccc(NCc2cn(C)nc2C)c(C)c1. The molecule has 2 aromatic rings. The third kappa shape index (κ3) is 2.67. The fourth-order valence-corrected chi connectivity index (χ4v) is 2.02. The lowest BCUT2D eigenvalue weighted by atomic mass is 10.1. The van der Waals surface area contributed by atoms with E-state index in [0.717, 1.165) is 12.2 Å². The van der Waals surface area contributed by atoms with Gasteiger partial charge < -0.3 is 5.32 Å². The van der Waals surface area contributed by atoms with E-state index in [9.17, 15) is 0 Å². The fourth-order valence-electron chi connectivity index (χ4n) is 2.02. The molecule has 0 amide bonds. The summed E-state index contributed by atoms with van der Waals surface area (Å²) in [5.41, 5.74) is 6.10. The van der Waals surface area contributed by atoms with Gasteiger partial charge in [-0.25, -0.2) is 0 Å². The summed E-state index contributed by atoms with van der Waals surface area (Å²) in [4.78, 5) is 0. The molecule has 1 N–H and O–H groups in total. The van der Waals surface area contributed by atoms with Gasteiger partial charge in [-0.2, -0.15) is 5.10 Å². The molecule has 1 aromatic carbocycles. The minimum absolute atomic E-state index is 0.823. The van der Waals surface area contributed by atoms with Crippen molar-refractivity contribution in [2.24, 2.45) is 7.05 Å². The zero-order valence-corrected chi connectivity index (χ0v) is 10.9. The van der Waals surface area contributed by atoms with Crippen LogP contribution in [0.3, 0.4) is 0 Å². The summed E-state index contributed by atoms with van der Waals surface area (Å²) < 4.78 is 1.86. The van der Waals surface area contributed by atoms with Crippen molar-refractivity contribution >= 4 is 5.69 Å². The monoisotopic (exact) mass is 229 g/mol. The molecular formula is C14H19N3. The molecule has 0 aliphatic heterocycles. The summed E-state index contributed by atoms with van der Waals surface area (Å²) in [5, 5.41) is 7.79. The van der Waals surface area contributed by atoms with E-state index < -0.39 is 0 Å². The predicted molar refractivity (Wildman–Crippen MR) is 71.2 cm³/mol. The van der Waals surface area contributed by atoms with Gasteiger partial charge in [0.25, 0.3) is 0 Å². The number of anilines is 1. The molecule has 0 bridgehead atoms. The minimum Gasteiger partial charge on any atom is -0.381 e. The van der Waals surface area contributed by atoms with E-state index in [1.54, 1.807) is 0 Å². The molecule has 0 aliphatic carbocycles. The Kier molecular flexibility index (Phi) is 3.18. The Labute approximate surface area is 102 Å². The van der Waals surface area contributed by atoms with Gasteiger partial charge in [0.1, 0.15) is 0 Å². The van der Waals surface area contributed by atoms with Crippen LogP contribution in [0, 0.1) is 20.8 Å². The van der Waals surface area contributed by atoms with Crippen LogP contribution in [0.15, 0.2) is 24.4 Å². The third-order valence-electron chi connectivity index (χ3n) is 2.97. The largest absolute Gasteiger partial charge is 0.381 e. The molecule has 0 saturated carbocycles. The standard InChI is InChI=1S/C14H19N3/c1-10-5-6-14(11(2)7-10)15-8-13-9-17(4)16-12(13)3/h5-7,9,15H,8H2,1-4H3. The molecule has 90 valence electrons. The Hall–Kier alpha value is -1.77. The van der Waals surface area contributed by atoms with Crippen LogP contribution in [0.25, 0.3) is 0 Å². The number of aryl methyl sites for hydroxylation is 4. The molecule has 1 aromatic heterocycles. The highest BCUT2D eigenvalue weighted by atomic mass is 15.2. The highest BCUT2D eigenvalue weighted by Crippen LogP contribution is 2.17. The summed E-state index contributed by atoms with van der Waals surface area (Å²) in [5.74, 6) is 0. The van der Waals surface area contributed by atoms with E-state index >= 15 is 0 Å². The average molecular weight is 229 g/mol. The topological polar surface area (TPSA) is 29.9 Å². The highest BCUT2D eigenvalue weighted by molar-refractivity contribution is 5.52. The Morgan fingerprint density at radius 3 is 2.59 bits per heavy atom. The maximum absolute atomic E-state index is 4.34. The van der Waals surface area contributed by atoms with E-state index in [-0.39, 0.29) is 0 Å². The lowest BCUT2D eigenvalue weighted by molar-refractivity contribution is 0.756. The van der Waals surface area contributed by atoms with Crippen LogP contribution in [0.5, 0.6) is 0 Å². The maximum atomic E-state index is 4.34. The van der Waals surface area contributed by atoms with Crippen LogP contribution >= 0.6 is 0 Å². The van der Waals surface area contributed by atoms with Gasteiger partial charge in [0.15, 0.2) is 0 Å². The number of nitrogens with one attached hydrogen (secondary N) is 1. The van der Waals surface area contributed by atoms with E-state index in [1.807, 2.05) is 18.7 Å². The smallest absolute Gasteiger partial charge is 0.0643 e. The van der Waals surface area contributed by atoms with Gasteiger partial charge in [0, 0.05) is 31.0 Å². The van der Waals surface area contributed by atoms with Gasteiger partial charge in [-0.15, -0.1) is 0 Å². The number of hydrogen-bond acceptors (Lipinski definition) is 2. The molecule has 0 aliphatic rings. The van der Waals surface area contributed by atoms with Crippen molar-refractivity contribution in [3.05, 3.63) is 46.8 Å². The normalized spacial score (nSPS) is 10.6. The molecule has 0 saturated heterocycles. The number of rotatable bonds is 3. The Bertz CT molecular complexity index is 526. The average Bonchev–Trinajstić information content (AvgIpc) is 2.56. The molecule has 3 nitrogen and oxygen atoms in total. The molecule has 0 radical (unpaired) electrons. The Morgan fingerprint density at radius 1 is 1.24 bits per heavy atom. The van der Waals surface area contributed by atoms with Gasteiger partial charge in [-0.1, -0.05) is 17.7 Å². The summed E-state index contributed by atoms with van der Waals surface area (Å²) in [6, 6.07) is 6.46. The van der Waals surface area contributed by atoms with Crippen LogP contribution in [0.1, 0.15) is 22.4 Å². The van der Waals surface area contributed by atoms with Gasteiger partial charge in [0.05, 0.1) is 5.69 Å². The first kappa shape index (κ1) is 11.7. The minimum atomic E-state index is 0.823. The van der Waals surface area contributed by atoms with Crippen molar-refractivity contribution in [1.82, 2.24) is 9.78 Å². The van der Waals surface area contributed by atoms with Gasteiger partial charge >= 0.3 is 0 Å². The summed E-state index contributed by atoms with van der Waals surface area (Å²) in [6.45, 7) is 7.11. The zero-order chi connectivity index (χ0) is 12.4. The maximum Gasteiger partial charge on any atom is 0.0643 e.